The lowest BCUT2D eigenvalue weighted by molar-refractivity contribution is -0.141. The maximum Gasteiger partial charge on any atom is 0.308 e. The first-order valence-electron chi connectivity index (χ1n) is 6.19. The van der Waals surface area contributed by atoms with Crippen molar-refractivity contribution in [2.24, 2.45) is 5.92 Å². The van der Waals surface area contributed by atoms with Crippen LogP contribution in [-0.2, 0) is 16.1 Å². The monoisotopic (exact) mass is 264 g/mol. The van der Waals surface area contributed by atoms with Crippen LogP contribution in [0.25, 0.3) is 0 Å². The molecule has 1 aliphatic rings. The molecule has 2 heterocycles. The maximum absolute atomic E-state index is 11.8. The van der Waals surface area contributed by atoms with Crippen LogP contribution in [0.3, 0.4) is 0 Å². The number of aliphatic carboxylic acids is 1. The quantitative estimate of drug-likeness (QED) is 0.855. The van der Waals surface area contributed by atoms with E-state index in [1.807, 2.05) is 13.0 Å². The molecule has 0 radical (unpaired) electrons. The average Bonchev–Trinajstić information content (AvgIpc) is 2.74. The topological polar surface area (TPSA) is 79.7 Å². The van der Waals surface area contributed by atoms with Gasteiger partial charge in [0.25, 0.3) is 0 Å². The molecule has 0 aliphatic carbocycles. The number of pyridine rings is 1. The molecule has 0 unspecified atom stereocenters. The Morgan fingerprint density at radius 2 is 2.42 bits per heavy atom. The lowest BCUT2D eigenvalue weighted by Crippen LogP contribution is -2.26. The van der Waals surface area contributed by atoms with E-state index >= 15 is 0 Å². The molecule has 0 spiro atoms. The van der Waals surface area contributed by atoms with Crippen molar-refractivity contribution in [3.63, 3.8) is 0 Å². The standard InChI is InChI=1S/C13H16N2O4/c1-2-19-12-9(4-3-5-14-12)7-15-8-10(13(17)18)6-11(15)16/h3-5,10H,2,6-8H2,1H3,(H,17,18)/t10-/m1/s1. The lowest BCUT2D eigenvalue weighted by Gasteiger charge is -2.17. The summed E-state index contributed by atoms with van der Waals surface area (Å²) >= 11 is 0. The highest BCUT2D eigenvalue weighted by atomic mass is 16.5. The Labute approximate surface area is 111 Å². The first-order chi connectivity index (χ1) is 9.11. The molecule has 0 saturated carbocycles. The molecule has 6 nitrogen and oxygen atoms in total. The van der Waals surface area contributed by atoms with Crippen LogP contribution in [0.4, 0.5) is 0 Å². The zero-order valence-corrected chi connectivity index (χ0v) is 10.7. The predicted molar refractivity (Wildman–Crippen MR) is 66.6 cm³/mol. The summed E-state index contributed by atoms with van der Waals surface area (Å²) in [7, 11) is 0. The Balaban J connectivity index is 2.09. The number of hydrogen-bond donors (Lipinski definition) is 1. The van der Waals surface area contributed by atoms with Crippen molar-refractivity contribution in [3.05, 3.63) is 23.9 Å². The van der Waals surface area contributed by atoms with Crippen molar-refractivity contribution in [3.8, 4) is 5.88 Å². The van der Waals surface area contributed by atoms with Gasteiger partial charge in [-0.25, -0.2) is 4.98 Å². The molecule has 0 bridgehead atoms. The number of carbonyl (C=O) groups is 2. The van der Waals surface area contributed by atoms with Crippen LogP contribution >= 0.6 is 0 Å². The SMILES string of the molecule is CCOc1ncccc1CN1C[C@H](C(=O)O)CC1=O. The Bertz CT molecular complexity index is 489. The lowest BCUT2D eigenvalue weighted by atomic mass is 10.1. The number of nitrogens with zero attached hydrogens (tertiary/aromatic N) is 2. The van der Waals surface area contributed by atoms with Gasteiger partial charge < -0.3 is 14.7 Å². The summed E-state index contributed by atoms with van der Waals surface area (Å²) in [5.74, 6) is -1.18. The highest BCUT2D eigenvalue weighted by Crippen LogP contribution is 2.23. The van der Waals surface area contributed by atoms with Crippen molar-refractivity contribution in [2.75, 3.05) is 13.2 Å². The van der Waals surface area contributed by atoms with Crippen molar-refractivity contribution in [1.82, 2.24) is 9.88 Å². The number of rotatable bonds is 5. The van der Waals surface area contributed by atoms with Crippen LogP contribution in [0.5, 0.6) is 5.88 Å². The van der Waals surface area contributed by atoms with Gasteiger partial charge in [-0.05, 0) is 13.0 Å². The van der Waals surface area contributed by atoms with Crippen LogP contribution in [-0.4, -0.2) is 40.0 Å². The predicted octanol–water partition coefficient (Wildman–Crippen LogP) is 0.913. The van der Waals surface area contributed by atoms with Gasteiger partial charge in [0.05, 0.1) is 19.1 Å². The van der Waals surface area contributed by atoms with E-state index in [0.717, 1.165) is 5.56 Å². The molecule has 1 aromatic rings. The smallest absolute Gasteiger partial charge is 0.308 e. The van der Waals surface area contributed by atoms with Gasteiger partial charge >= 0.3 is 5.97 Å². The molecule has 1 aliphatic heterocycles. The molecule has 1 saturated heterocycles. The van der Waals surface area contributed by atoms with Crippen molar-refractivity contribution in [1.29, 1.82) is 0 Å². The molecule has 102 valence electrons. The number of likely N-dealkylation sites (tertiary alicyclic amines) is 1. The van der Waals surface area contributed by atoms with Crippen molar-refractivity contribution >= 4 is 11.9 Å². The molecule has 1 fully saturated rings. The van der Waals surface area contributed by atoms with Gasteiger partial charge in [-0.3, -0.25) is 9.59 Å². The molecular formula is C13H16N2O4. The molecule has 6 heteroatoms. The van der Waals surface area contributed by atoms with Crippen molar-refractivity contribution in [2.45, 2.75) is 19.9 Å². The minimum Gasteiger partial charge on any atom is -0.481 e. The van der Waals surface area contributed by atoms with Gasteiger partial charge in [0.15, 0.2) is 0 Å². The second-order valence-electron chi connectivity index (χ2n) is 4.41. The van der Waals surface area contributed by atoms with Crippen LogP contribution in [0, 0.1) is 5.92 Å². The zero-order valence-electron chi connectivity index (χ0n) is 10.7. The zero-order chi connectivity index (χ0) is 13.8. The van der Waals surface area contributed by atoms with E-state index < -0.39 is 11.9 Å². The summed E-state index contributed by atoms with van der Waals surface area (Å²) in [6.45, 7) is 2.94. The van der Waals surface area contributed by atoms with Gasteiger partial charge in [-0.2, -0.15) is 0 Å². The summed E-state index contributed by atoms with van der Waals surface area (Å²) < 4.78 is 5.39. The third kappa shape index (κ3) is 3.01. The van der Waals surface area contributed by atoms with E-state index in [1.165, 1.54) is 0 Å². The number of hydrogen-bond acceptors (Lipinski definition) is 4. The number of carboxylic acid groups (broad SMARTS) is 1. The fourth-order valence-electron chi connectivity index (χ4n) is 2.11. The highest BCUT2D eigenvalue weighted by molar-refractivity contribution is 5.86. The first kappa shape index (κ1) is 13.3. The highest BCUT2D eigenvalue weighted by Gasteiger charge is 2.34. The largest absolute Gasteiger partial charge is 0.481 e. The normalized spacial score (nSPS) is 18.7. The molecule has 1 N–H and O–H groups in total. The molecular weight excluding hydrogens is 248 g/mol. The minimum atomic E-state index is -0.924. The van der Waals surface area contributed by atoms with Gasteiger partial charge in [-0.15, -0.1) is 0 Å². The average molecular weight is 264 g/mol. The van der Waals surface area contributed by atoms with Crippen LogP contribution in [0.15, 0.2) is 18.3 Å². The number of amides is 1. The Morgan fingerprint density at radius 1 is 1.63 bits per heavy atom. The second-order valence-corrected chi connectivity index (χ2v) is 4.41. The van der Waals surface area contributed by atoms with Crippen LogP contribution < -0.4 is 4.74 Å². The third-order valence-electron chi connectivity index (χ3n) is 3.06. The summed E-state index contributed by atoms with van der Waals surface area (Å²) in [5.41, 5.74) is 0.795. The van der Waals surface area contributed by atoms with E-state index in [0.29, 0.717) is 19.0 Å². The molecule has 0 aromatic carbocycles. The van der Waals surface area contributed by atoms with E-state index in [1.54, 1.807) is 17.2 Å². The number of carboxylic acids is 1. The molecule has 1 atom stereocenters. The number of carbonyl (C=O) groups excluding carboxylic acids is 1. The summed E-state index contributed by atoms with van der Waals surface area (Å²) in [4.78, 5) is 28.3. The van der Waals surface area contributed by atoms with E-state index in [-0.39, 0.29) is 18.9 Å². The van der Waals surface area contributed by atoms with Gasteiger partial charge in [0.2, 0.25) is 11.8 Å². The molecule has 1 aromatic heterocycles. The summed E-state index contributed by atoms with van der Waals surface area (Å²) in [6.07, 6.45) is 1.69. The Morgan fingerprint density at radius 3 is 3.05 bits per heavy atom. The maximum atomic E-state index is 11.8. The third-order valence-corrected chi connectivity index (χ3v) is 3.06. The minimum absolute atomic E-state index is 0.0690. The summed E-state index contributed by atoms with van der Waals surface area (Å²) in [6, 6.07) is 3.60. The fourth-order valence-corrected chi connectivity index (χ4v) is 2.11. The fraction of sp³-hybridized carbons (Fsp3) is 0.462. The van der Waals surface area contributed by atoms with E-state index in [2.05, 4.69) is 4.98 Å². The summed E-state index contributed by atoms with van der Waals surface area (Å²) in [5, 5.41) is 8.94. The van der Waals surface area contributed by atoms with Gasteiger partial charge in [-0.1, -0.05) is 6.07 Å². The molecule has 1 amide bonds. The number of aromatic nitrogens is 1. The van der Waals surface area contributed by atoms with Gasteiger partial charge in [0.1, 0.15) is 0 Å². The van der Waals surface area contributed by atoms with Crippen LogP contribution in [0.1, 0.15) is 18.9 Å². The molecule has 19 heavy (non-hydrogen) atoms. The van der Waals surface area contributed by atoms with E-state index in [4.69, 9.17) is 9.84 Å². The first-order valence-corrected chi connectivity index (χ1v) is 6.19. The van der Waals surface area contributed by atoms with Gasteiger partial charge in [0, 0.05) is 24.7 Å². The van der Waals surface area contributed by atoms with Crippen LogP contribution in [0.2, 0.25) is 0 Å². The Kier molecular flexibility index (Phi) is 3.99. The second kappa shape index (κ2) is 5.69. The van der Waals surface area contributed by atoms with E-state index in [9.17, 15) is 9.59 Å². The Hall–Kier alpha value is -2.11. The number of ether oxygens (including phenoxy) is 1. The molecule has 2 rings (SSSR count). The van der Waals surface area contributed by atoms with Crippen molar-refractivity contribution < 1.29 is 19.4 Å².